The molecule has 0 N–H and O–H groups in total. The van der Waals surface area contributed by atoms with E-state index in [1.165, 1.54) is 23.9 Å². The predicted octanol–water partition coefficient (Wildman–Crippen LogP) is 4.45. The third-order valence-electron chi connectivity index (χ3n) is 3.72. The van der Waals surface area contributed by atoms with Crippen LogP contribution >= 0.6 is 11.8 Å². The van der Waals surface area contributed by atoms with E-state index in [2.05, 4.69) is 4.99 Å². The second-order valence-electron chi connectivity index (χ2n) is 5.47. The second kappa shape index (κ2) is 7.31. The van der Waals surface area contributed by atoms with Crippen molar-refractivity contribution in [2.45, 2.75) is 11.9 Å². The first-order chi connectivity index (χ1) is 11.9. The molecule has 0 unspecified atom stereocenters. The number of hydrogen-bond acceptors (Lipinski definition) is 3. The van der Waals surface area contributed by atoms with Crippen molar-refractivity contribution in [3.05, 3.63) is 71.3 Å². The summed E-state index contributed by atoms with van der Waals surface area (Å²) in [5, 5.41) is 0.605. The summed E-state index contributed by atoms with van der Waals surface area (Å²) >= 11 is 1.36. The lowest BCUT2D eigenvalue weighted by Crippen LogP contribution is -2.32. The van der Waals surface area contributed by atoms with Crippen LogP contribution < -0.4 is 0 Å². The van der Waals surface area contributed by atoms with Crippen molar-refractivity contribution in [2.75, 3.05) is 13.1 Å². The van der Waals surface area contributed by atoms with Crippen molar-refractivity contribution < 1.29 is 18.0 Å². The van der Waals surface area contributed by atoms with E-state index in [9.17, 15) is 18.0 Å². The second-order valence-corrected chi connectivity index (χ2v) is 6.41. The van der Waals surface area contributed by atoms with E-state index in [-0.39, 0.29) is 5.91 Å². The van der Waals surface area contributed by atoms with E-state index in [1.807, 2.05) is 6.07 Å². The summed E-state index contributed by atoms with van der Waals surface area (Å²) in [6.45, 7) is 1.05. The number of halogens is 3. The molecule has 3 rings (SSSR count). The van der Waals surface area contributed by atoms with Crippen molar-refractivity contribution in [2.24, 2.45) is 4.99 Å². The summed E-state index contributed by atoms with van der Waals surface area (Å²) in [5.41, 5.74) is 0.673. The van der Waals surface area contributed by atoms with Crippen LogP contribution in [-0.2, 0) is 11.9 Å². The Morgan fingerprint density at radius 2 is 1.76 bits per heavy atom. The van der Waals surface area contributed by atoms with Gasteiger partial charge in [0.15, 0.2) is 5.17 Å². The van der Waals surface area contributed by atoms with Crippen LogP contribution in [0.3, 0.4) is 0 Å². The molecule has 1 aliphatic heterocycles. The highest BCUT2D eigenvalue weighted by atomic mass is 32.2. The van der Waals surface area contributed by atoms with E-state index in [0.29, 0.717) is 29.6 Å². The number of carbonyl (C=O) groups excluding carboxylic acids is 1. The Balaban J connectivity index is 1.63. The number of benzene rings is 2. The van der Waals surface area contributed by atoms with Gasteiger partial charge in [-0.2, -0.15) is 13.2 Å². The molecule has 0 bridgehead atoms. The quantitative estimate of drug-likeness (QED) is 0.806. The molecule has 25 heavy (non-hydrogen) atoms. The molecule has 0 saturated carbocycles. The van der Waals surface area contributed by atoms with Gasteiger partial charge in [0.05, 0.1) is 12.1 Å². The molecule has 0 fully saturated rings. The van der Waals surface area contributed by atoms with Crippen LogP contribution in [0.15, 0.2) is 59.6 Å². The predicted molar refractivity (Wildman–Crippen MR) is 92.5 cm³/mol. The Bertz CT molecular complexity index is 773. The highest BCUT2D eigenvalue weighted by molar-refractivity contribution is 8.13. The van der Waals surface area contributed by atoms with Crippen molar-refractivity contribution in [3.8, 4) is 0 Å². The van der Waals surface area contributed by atoms with Gasteiger partial charge in [0, 0.05) is 17.9 Å². The molecule has 1 amide bonds. The fourth-order valence-corrected chi connectivity index (χ4v) is 3.41. The van der Waals surface area contributed by atoms with Crippen LogP contribution in [0, 0.1) is 0 Å². The number of hydrogen-bond donors (Lipinski definition) is 0. The van der Waals surface area contributed by atoms with Crippen LogP contribution in [0.1, 0.15) is 21.5 Å². The Morgan fingerprint density at radius 3 is 2.40 bits per heavy atom. The molecule has 0 saturated heterocycles. The fraction of sp³-hybridized carbons (Fsp3) is 0.222. The number of amides is 1. The van der Waals surface area contributed by atoms with Crippen molar-refractivity contribution in [1.82, 2.24) is 4.90 Å². The van der Waals surface area contributed by atoms with Crippen molar-refractivity contribution >= 4 is 22.8 Å². The largest absolute Gasteiger partial charge is 0.416 e. The number of thioether (sulfide) groups is 1. The molecule has 0 aliphatic carbocycles. The van der Waals surface area contributed by atoms with Gasteiger partial charge in [-0.3, -0.25) is 14.7 Å². The van der Waals surface area contributed by atoms with Gasteiger partial charge in [-0.1, -0.05) is 42.1 Å². The molecule has 0 radical (unpaired) electrons. The lowest BCUT2D eigenvalue weighted by molar-refractivity contribution is -0.137. The monoisotopic (exact) mass is 364 g/mol. The third kappa shape index (κ3) is 4.22. The number of aliphatic imine (C=N–C) groups is 1. The molecule has 0 spiro atoms. The van der Waals surface area contributed by atoms with Gasteiger partial charge in [0.25, 0.3) is 5.91 Å². The van der Waals surface area contributed by atoms with Gasteiger partial charge >= 0.3 is 6.18 Å². The van der Waals surface area contributed by atoms with Crippen molar-refractivity contribution in [1.29, 1.82) is 0 Å². The van der Waals surface area contributed by atoms with Gasteiger partial charge < -0.3 is 0 Å². The van der Waals surface area contributed by atoms with Gasteiger partial charge in [-0.05, 0) is 29.8 Å². The molecular formula is C18H15F3N2OS. The fourth-order valence-electron chi connectivity index (χ4n) is 2.41. The van der Waals surface area contributed by atoms with Crippen LogP contribution in [-0.4, -0.2) is 29.1 Å². The minimum atomic E-state index is -4.33. The average Bonchev–Trinajstić information content (AvgIpc) is 3.08. The maximum absolute atomic E-state index is 12.6. The molecule has 1 aliphatic rings. The van der Waals surface area contributed by atoms with E-state index >= 15 is 0 Å². The first-order valence-electron chi connectivity index (χ1n) is 7.65. The number of alkyl halides is 3. The highest BCUT2D eigenvalue weighted by Crippen LogP contribution is 2.30. The SMILES string of the molecule is O=C(c1ccccc1)N1CCN=C1SCc1ccc(C(F)(F)F)cc1. The third-order valence-corrected chi connectivity index (χ3v) is 4.80. The van der Waals surface area contributed by atoms with Gasteiger partial charge in [0.1, 0.15) is 0 Å². The first-order valence-corrected chi connectivity index (χ1v) is 8.64. The summed E-state index contributed by atoms with van der Waals surface area (Å²) < 4.78 is 37.8. The maximum Gasteiger partial charge on any atom is 0.416 e. The molecule has 2 aromatic carbocycles. The number of nitrogens with zero attached hydrogens (tertiary/aromatic N) is 2. The zero-order valence-electron chi connectivity index (χ0n) is 13.2. The Labute approximate surface area is 147 Å². The summed E-state index contributed by atoms with van der Waals surface area (Å²) in [6.07, 6.45) is -4.33. The zero-order chi connectivity index (χ0) is 17.9. The Hall–Kier alpha value is -2.28. The highest BCUT2D eigenvalue weighted by Gasteiger charge is 2.30. The maximum atomic E-state index is 12.6. The Morgan fingerprint density at radius 1 is 1.08 bits per heavy atom. The van der Waals surface area contributed by atoms with E-state index in [4.69, 9.17) is 0 Å². The van der Waals surface area contributed by atoms with Gasteiger partial charge in [-0.25, -0.2) is 0 Å². The lowest BCUT2D eigenvalue weighted by Gasteiger charge is -2.18. The van der Waals surface area contributed by atoms with Crippen LogP contribution in [0.2, 0.25) is 0 Å². The lowest BCUT2D eigenvalue weighted by atomic mass is 10.1. The summed E-state index contributed by atoms with van der Waals surface area (Å²) in [5.74, 6) is 0.340. The molecule has 0 aromatic heterocycles. The number of rotatable bonds is 3. The van der Waals surface area contributed by atoms with Crippen LogP contribution in [0.4, 0.5) is 13.2 Å². The van der Waals surface area contributed by atoms with E-state index in [1.54, 1.807) is 29.2 Å². The topological polar surface area (TPSA) is 32.7 Å². The molecule has 2 aromatic rings. The van der Waals surface area contributed by atoms with Gasteiger partial charge in [0.2, 0.25) is 0 Å². The standard InChI is InChI=1S/C18H15F3N2OS/c19-18(20,21)15-8-6-13(7-9-15)12-25-17-22-10-11-23(17)16(24)14-4-2-1-3-5-14/h1-9H,10-12H2. The van der Waals surface area contributed by atoms with Crippen LogP contribution in [0.25, 0.3) is 0 Å². The minimum absolute atomic E-state index is 0.114. The Kier molecular flexibility index (Phi) is 5.13. The zero-order valence-corrected chi connectivity index (χ0v) is 14.0. The molecule has 0 atom stereocenters. The minimum Gasteiger partial charge on any atom is -0.286 e. The number of amidine groups is 1. The average molecular weight is 364 g/mol. The summed E-state index contributed by atoms with van der Waals surface area (Å²) in [7, 11) is 0. The summed E-state index contributed by atoms with van der Waals surface area (Å²) in [6, 6.07) is 14.0. The smallest absolute Gasteiger partial charge is 0.286 e. The normalized spacial score (nSPS) is 14.5. The van der Waals surface area contributed by atoms with E-state index in [0.717, 1.165) is 17.7 Å². The molecule has 1 heterocycles. The first kappa shape index (κ1) is 17.5. The summed E-state index contributed by atoms with van der Waals surface area (Å²) in [4.78, 5) is 18.5. The number of carbonyl (C=O) groups is 1. The molecule has 3 nitrogen and oxygen atoms in total. The van der Waals surface area contributed by atoms with E-state index < -0.39 is 11.7 Å². The molecule has 7 heteroatoms. The molecular weight excluding hydrogens is 349 g/mol. The molecule has 130 valence electrons. The van der Waals surface area contributed by atoms with Crippen LogP contribution in [0.5, 0.6) is 0 Å². The van der Waals surface area contributed by atoms with Gasteiger partial charge in [-0.15, -0.1) is 0 Å². The van der Waals surface area contributed by atoms with Crippen molar-refractivity contribution in [3.63, 3.8) is 0 Å².